The summed E-state index contributed by atoms with van der Waals surface area (Å²) < 4.78 is 51.4. The van der Waals surface area contributed by atoms with Crippen molar-refractivity contribution in [1.29, 1.82) is 0 Å². The first-order valence-corrected chi connectivity index (χ1v) is 23.2. The molecule has 16 nitrogen and oxygen atoms in total. The molecule has 0 radical (unpaired) electrons. The van der Waals surface area contributed by atoms with E-state index in [-0.39, 0.29) is 43.6 Å². The van der Waals surface area contributed by atoms with Gasteiger partial charge in [-0.2, -0.15) is 0 Å². The summed E-state index contributed by atoms with van der Waals surface area (Å²) in [6.07, 6.45) is -8.66. The van der Waals surface area contributed by atoms with Gasteiger partial charge in [0.15, 0.2) is 12.6 Å². The number of aliphatic hydroxyl groups excluding tert-OH is 3. The van der Waals surface area contributed by atoms with Gasteiger partial charge in [-0.1, -0.05) is 58.0 Å². The third kappa shape index (κ3) is 10.6. The molecule has 5 aliphatic heterocycles. The van der Waals surface area contributed by atoms with E-state index in [0.29, 0.717) is 39.0 Å². The first kappa shape index (κ1) is 49.9. The molecule has 0 saturated carbocycles. The number of benzene rings is 1. The summed E-state index contributed by atoms with van der Waals surface area (Å²) in [7, 11) is 1.52. The first-order chi connectivity index (χ1) is 29.6. The Morgan fingerprint density at radius 2 is 1.63 bits per heavy atom. The fraction of sp³-hybridized carbons (Fsp3) is 0.830. The first-order valence-electron chi connectivity index (χ1n) is 23.2. The molecule has 16 heteroatoms. The average molecular weight is 893 g/mol. The number of hydrogen-bond acceptors (Lipinski definition) is 15. The van der Waals surface area contributed by atoms with Gasteiger partial charge in [0.1, 0.15) is 30.5 Å². The molecule has 5 saturated heterocycles. The minimum absolute atomic E-state index is 0.110. The minimum Gasteiger partial charge on any atom is -0.459 e. The van der Waals surface area contributed by atoms with E-state index >= 15 is 0 Å². The molecule has 0 aliphatic carbocycles. The van der Waals surface area contributed by atoms with Crippen LogP contribution in [-0.2, 0) is 49.3 Å². The Hall–Kier alpha value is -2.48. The molecule has 1 aromatic carbocycles. The fourth-order valence-corrected chi connectivity index (χ4v) is 11.1. The smallest absolute Gasteiger partial charge is 0.410 e. The Bertz CT molecular complexity index is 1670. The van der Waals surface area contributed by atoms with Crippen molar-refractivity contribution >= 4 is 12.1 Å². The highest BCUT2D eigenvalue weighted by Gasteiger charge is 2.59. The lowest BCUT2D eigenvalue weighted by atomic mass is 9.76. The predicted octanol–water partition coefficient (Wildman–Crippen LogP) is 4.02. The number of methoxy groups -OCH3 is 1. The van der Waals surface area contributed by atoms with Crippen molar-refractivity contribution in [2.45, 2.75) is 192 Å². The summed E-state index contributed by atoms with van der Waals surface area (Å²) in [5.41, 5.74) is -2.96. The predicted molar refractivity (Wildman–Crippen MR) is 230 cm³/mol. The second-order valence-corrected chi connectivity index (χ2v) is 19.9. The van der Waals surface area contributed by atoms with Crippen LogP contribution in [0.1, 0.15) is 100 Å². The number of piperazine rings is 1. The molecule has 5 fully saturated rings. The van der Waals surface area contributed by atoms with Crippen molar-refractivity contribution in [2.75, 3.05) is 33.3 Å². The molecule has 8 unspecified atom stereocenters. The van der Waals surface area contributed by atoms with Crippen molar-refractivity contribution < 1.29 is 67.9 Å². The van der Waals surface area contributed by atoms with Crippen LogP contribution >= 0.6 is 0 Å². The third-order valence-electron chi connectivity index (χ3n) is 15.0. The largest absolute Gasteiger partial charge is 0.459 e. The van der Waals surface area contributed by atoms with E-state index in [9.17, 15) is 30.0 Å². The summed E-state index contributed by atoms with van der Waals surface area (Å²) in [6, 6.07) is 9.19. The Kier molecular flexibility index (Phi) is 16.0. The maximum atomic E-state index is 14.5. The summed E-state index contributed by atoms with van der Waals surface area (Å²) in [5, 5.41) is 46.3. The van der Waals surface area contributed by atoms with Gasteiger partial charge in [0, 0.05) is 57.6 Å². The third-order valence-corrected chi connectivity index (χ3v) is 15.0. The minimum atomic E-state index is -1.82. The zero-order valence-corrected chi connectivity index (χ0v) is 39.3. The van der Waals surface area contributed by atoms with Crippen LogP contribution in [0.2, 0.25) is 0 Å². The SMILES string of the molecule is CC[C@@H](O)[C@@](C)(O)[C@@H]1OC(=O)[C@H](C)[C@@H](O[C@H]2CC(C)(OC)[C@@H](O)C(C)O2)[C@H](C)[C@@H](O[C@@H]2OC(C)CC(N3CCN(C(=O)OCc4ccccc4)CC3)C2O)C2(C)CC(C)C(O2)[C@@H]1C. The van der Waals surface area contributed by atoms with E-state index < -0.39 is 102 Å². The number of ether oxygens (including phenoxy) is 8. The van der Waals surface area contributed by atoms with E-state index in [1.165, 1.54) is 14.0 Å². The number of carbonyl (C=O) groups is 2. The van der Waals surface area contributed by atoms with Crippen molar-refractivity contribution in [1.82, 2.24) is 9.80 Å². The van der Waals surface area contributed by atoms with Crippen molar-refractivity contribution in [2.24, 2.45) is 23.7 Å². The van der Waals surface area contributed by atoms with Crippen molar-refractivity contribution in [3.8, 4) is 0 Å². The van der Waals surface area contributed by atoms with Gasteiger partial charge in [-0.25, -0.2) is 4.79 Å². The molecule has 63 heavy (non-hydrogen) atoms. The van der Waals surface area contributed by atoms with Crippen LogP contribution < -0.4 is 0 Å². The summed E-state index contributed by atoms with van der Waals surface area (Å²) in [5.74, 6) is -2.92. The molecule has 0 aromatic heterocycles. The molecule has 0 spiro atoms. The van der Waals surface area contributed by atoms with Gasteiger partial charge < -0.3 is 63.2 Å². The second kappa shape index (κ2) is 20.2. The lowest BCUT2D eigenvalue weighted by Crippen LogP contribution is -2.62. The Morgan fingerprint density at radius 3 is 2.27 bits per heavy atom. The van der Waals surface area contributed by atoms with E-state index in [1.807, 2.05) is 58.0 Å². The Morgan fingerprint density at radius 1 is 0.968 bits per heavy atom. The van der Waals surface area contributed by atoms with Gasteiger partial charge in [0.05, 0.1) is 53.7 Å². The molecule has 1 aromatic rings. The standard InChI is InChI=1S/C47H76N2O14/c1-12-34(50)47(10,55)41-28(4)37-26(2)23-46(9,63-37)40(29(5)38(30(6)42(53)61-41)60-35-24-45(8,56-11)39(52)31(7)59-35)62-43-36(51)33(22-27(3)58-43)48-18-20-49(21-19-48)44(54)57-25-32-16-14-13-15-17-32/h13-17,26-31,33-41,43,50-52,55H,12,18-25H2,1-11H3/t26?,27?,28-,29-,30+,31?,33?,34+,35-,36?,37?,38-,39-,40+,41+,43-,45?,46?,47+/m0/s1. The molecule has 1 amide bonds. The van der Waals surface area contributed by atoms with Crippen molar-refractivity contribution in [3.63, 3.8) is 0 Å². The molecular formula is C47H76N2O14. The van der Waals surface area contributed by atoms with Gasteiger partial charge in [-0.3, -0.25) is 9.69 Å². The van der Waals surface area contributed by atoms with Crippen LogP contribution in [0.15, 0.2) is 30.3 Å². The number of carbonyl (C=O) groups excluding carboxylic acids is 2. The van der Waals surface area contributed by atoms with Crippen LogP contribution in [0.25, 0.3) is 0 Å². The highest BCUT2D eigenvalue weighted by Crippen LogP contribution is 2.48. The number of esters is 1. The number of rotatable bonds is 11. The number of hydrogen-bond donors (Lipinski definition) is 4. The second-order valence-electron chi connectivity index (χ2n) is 19.9. The van der Waals surface area contributed by atoms with Crippen LogP contribution in [0.5, 0.6) is 0 Å². The lowest BCUT2D eigenvalue weighted by Gasteiger charge is -2.49. The highest BCUT2D eigenvalue weighted by atomic mass is 16.7. The molecule has 2 bridgehead atoms. The van der Waals surface area contributed by atoms with E-state index in [1.54, 1.807) is 32.6 Å². The zero-order chi connectivity index (χ0) is 46.2. The van der Waals surface area contributed by atoms with E-state index in [0.717, 1.165) is 5.56 Å². The number of aliphatic hydroxyl groups is 4. The van der Waals surface area contributed by atoms with Gasteiger partial charge in [-0.05, 0) is 72.3 Å². The molecule has 358 valence electrons. The van der Waals surface area contributed by atoms with E-state index in [4.69, 9.17) is 37.9 Å². The fourth-order valence-electron chi connectivity index (χ4n) is 11.1. The highest BCUT2D eigenvalue weighted by molar-refractivity contribution is 5.73. The number of nitrogens with zero attached hydrogens (tertiary/aromatic N) is 2. The van der Waals surface area contributed by atoms with Gasteiger partial charge >= 0.3 is 12.1 Å². The molecule has 6 rings (SSSR count). The quantitative estimate of drug-likeness (QED) is 0.233. The molecule has 5 heterocycles. The molecular weight excluding hydrogens is 817 g/mol. The van der Waals surface area contributed by atoms with Gasteiger partial charge in [-0.15, -0.1) is 0 Å². The van der Waals surface area contributed by atoms with Crippen LogP contribution in [0.3, 0.4) is 0 Å². The molecule has 19 atom stereocenters. The Balaban J connectivity index is 1.29. The topological polar surface area (TPSA) is 195 Å². The molecule has 5 aliphatic rings. The average Bonchev–Trinajstić information content (AvgIpc) is 3.58. The maximum Gasteiger partial charge on any atom is 0.410 e. The van der Waals surface area contributed by atoms with Crippen LogP contribution in [0.4, 0.5) is 4.79 Å². The van der Waals surface area contributed by atoms with E-state index in [2.05, 4.69) is 11.8 Å². The lowest BCUT2D eigenvalue weighted by molar-refractivity contribution is -0.319. The summed E-state index contributed by atoms with van der Waals surface area (Å²) in [4.78, 5) is 31.4. The van der Waals surface area contributed by atoms with Crippen LogP contribution in [0, 0.1) is 23.7 Å². The van der Waals surface area contributed by atoms with Crippen molar-refractivity contribution in [3.05, 3.63) is 35.9 Å². The monoisotopic (exact) mass is 893 g/mol. The van der Waals surface area contributed by atoms with Gasteiger partial charge in [0.2, 0.25) is 0 Å². The molecule has 4 N–H and O–H groups in total. The number of fused-ring (bicyclic) bond motifs is 2. The number of cyclic esters (lactones) is 1. The Labute approximate surface area is 373 Å². The summed E-state index contributed by atoms with van der Waals surface area (Å²) in [6.45, 7) is 20.3. The van der Waals surface area contributed by atoms with Gasteiger partial charge in [0.25, 0.3) is 0 Å². The summed E-state index contributed by atoms with van der Waals surface area (Å²) >= 11 is 0. The number of amides is 1. The van der Waals surface area contributed by atoms with Crippen LogP contribution in [-0.4, -0.2) is 166 Å². The maximum absolute atomic E-state index is 14.5. The zero-order valence-electron chi connectivity index (χ0n) is 39.3. The normalized spacial score (nSPS) is 43.3.